The van der Waals surface area contributed by atoms with Crippen molar-refractivity contribution in [3.8, 4) is 0 Å². The van der Waals surface area contributed by atoms with E-state index < -0.39 is 12.0 Å². The van der Waals surface area contributed by atoms with Gasteiger partial charge in [0.25, 0.3) is 0 Å². The van der Waals surface area contributed by atoms with E-state index in [-0.39, 0.29) is 17.4 Å². The predicted octanol–water partition coefficient (Wildman–Crippen LogP) is 1.27. The lowest BCUT2D eigenvalue weighted by Crippen LogP contribution is -2.22. The Morgan fingerprint density at radius 2 is 2.12 bits per heavy atom. The Morgan fingerprint density at radius 1 is 1.41 bits per heavy atom. The Bertz CT molecular complexity index is 617. The van der Waals surface area contributed by atoms with Crippen molar-refractivity contribution in [2.24, 2.45) is 5.73 Å². The van der Waals surface area contributed by atoms with Crippen molar-refractivity contribution in [2.45, 2.75) is 12.5 Å². The number of hydrogen-bond acceptors (Lipinski definition) is 4. The van der Waals surface area contributed by atoms with Gasteiger partial charge in [-0.15, -0.1) is 0 Å². The lowest BCUT2D eigenvalue weighted by atomic mass is 10.0. The number of aliphatic carboxylic acids is 1. The van der Waals surface area contributed by atoms with Gasteiger partial charge in [0, 0.05) is 6.04 Å². The third-order valence-corrected chi connectivity index (χ3v) is 2.50. The third kappa shape index (κ3) is 2.19. The number of rotatable bonds is 3. The maximum atomic E-state index is 12.0. The molecule has 1 aromatic carbocycles. The van der Waals surface area contributed by atoms with Gasteiger partial charge >= 0.3 is 5.97 Å². The molecule has 5 nitrogen and oxygen atoms in total. The first-order valence-electron chi connectivity index (χ1n) is 5.07. The molecule has 0 amide bonds. The summed E-state index contributed by atoms with van der Waals surface area (Å²) in [6, 6.07) is 5.91. The van der Waals surface area contributed by atoms with Crippen molar-refractivity contribution >= 4 is 16.9 Å². The zero-order valence-corrected chi connectivity index (χ0v) is 8.92. The normalized spacial score (nSPS) is 12.5. The van der Waals surface area contributed by atoms with Gasteiger partial charge in [0.2, 0.25) is 0 Å². The molecule has 0 saturated carbocycles. The molecule has 0 radical (unpaired) electrons. The van der Waals surface area contributed by atoms with Gasteiger partial charge in [-0.25, -0.2) is 0 Å². The summed E-state index contributed by atoms with van der Waals surface area (Å²) in [7, 11) is 0. The van der Waals surface area contributed by atoms with Crippen LogP contribution in [0.25, 0.3) is 11.0 Å². The predicted molar refractivity (Wildman–Crippen MR) is 61.7 cm³/mol. The van der Waals surface area contributed by atoms with Gasteiger partial charge in [0.05, 0.1) is 23.6 Å². The van der Waals surface area contributed by atoms with Crippen LogP contribution in [0.3, 0.4) is 0 Å². The minimum Gasteiger partial charge on any atom is -0.481 e. The molecule has 0 saturated heterocycles. The van der Waals surface area contributed by atoms with Gasteiger partial charge in [-0.3, -0.25) is 9.59 Å². The van der Waals surface area contributed by atoms with Gasteiger partial charge in [-0.2, -0.15) is 0 Å². The molecule has 2 rings (SSSR count). The molecule has 1 unspecified atom stereocenters. The molecule has 1 atom stereocenters. The number of carboxylic acids is 1. The van der Waals surface area contributed by atoms with Crippen LogP contribution in [0.2, 0.25) is 0 Å². The minimum atomic E-state index is -1.05. The molecular formula is C12H11NO4. The molecule has 5 heteroatoms. The summed E-state index contributed by atoms with van der Waals surface area (Å²) in [5.74, 6) is -1.05. The van der Waals surface area contributed by atoms with Gasteiger partial charge in [0.1, 0.15) is 5.58 Å². The molecule has 17 heavy (non-hydrogen) atoms. The Morgan fingerprint density at radius 3 is 2.82 bits per heavy atom. The second-order valence-corrected chi connectivity index (χ2v) is 3.72. The van der Waals surface area contributed by atoms with Crippen LogP contribution in [0.1, 0.15) is 18.0 Å². The van der Waals surface area contributed by atoms with Gasteiger partial charge in [-0.05, 0) is 12.1 Å². The highest BCUT2D eigenvalue weighted by Gasteiger charge is 2.16. The monoisotopic (exact) mass is 233 g/mol. The molecule has 0 aliphatic rings. The lowest BCUT2D eigenvalue weighted by molar-refractivity contribution is -0.137. The Balaban J connectivity index is 2.53. The van der Waals surface area contributed by atoms with Crippen molar-refractivity contribution < 1.29 is 14.3 Å². The molecule has 1 heterocycles. The highest BCUT2D eigenvalue weighted by atomic mass is 16.4. The molecule has 88 valence electrons. The average Bonchev–Trinajstić information content (AvgIpc) is 2.28. The van der Waals surface area contributed by atoms with Crippen LogP contribution in [0.4, 0.5) is 0 Å². The number of nitrogens with two attached hydrogens (primary N) is 1. The van der Waals surface area contributed by atoms with E-state index in [0.717, 1.165) is 0 Å². The molecule has 1 aromatic heterocycles. The van der Waals surface area contributed by atoms with Crippen molar-refractivity contribution in [1.82, 2.24) is 0 Å². The second kappa shape index (κ2) is 4.39. The Labute approximate surface area is 96.5 Å². The van der Waals surface area contributed by atoms with E-state index in [4.69, 9.17) is 15.3 Å². The first kappa shape index (κ1) is 11.3. The highest BCUT2D eigenvalue weighted by molar-refractivity contribution is 5.77. The summed E-state index contributed by atoms with van der Waals surface area (Å²) in [5.41, 5.74) is 6.02. The molecule has 3 N–H and O–H groups in total. The number of carboxylic acid groups (broad SMARTS) is 1. The van der Waals surface area contributed by atoms with Crippen LogP contribution in [0, 0.1) is 0 Å². The topological polar surface area (TPSA) is 93.5 Å². The number of benzene rings is 1. The second-order valence-electron chi connectivity index (χ2n) is 3.72. The molecular weight excluding hydrogens is 222 g/mol. The summed E-state index contributed by atoms with van der Waals surface area (Å²) < 4.78 is 5.25. The first-order chi connectivity index (χ1) is 8.09. The van der Waals surface area contributed by atoms with Crippen molar-refractivity contribution in [1.29, 1.82) is 0 Å². The summed E-state index contributed by atoms with van der Waals surface area (Å²) in [6.07, 6.45) is 0.932. The number of para-hydroxylation sites is 1. The maximum Gasteiger partial charge on any atom is 0.305 e. The average molecular weight is 233 g/mol. The largest absolute Gasteiger partial charge is 0.481 e. The lowest BCUT2D eigenvalue weighted by Gasteiger charge is -2.08. The van der Waals surface area contributed by atoms with Gasteiger partial charge in [-0.1, -0.05) is 12.1 Å². The van der Waals surface area contributed by atoms with Crippen LogP contribution in [-0.2, 0) is 4.79 Å². The van der Waals surface area contributed by atoms with E-state index in [1.165, 1.54) is 6.26 Å². The standard InChI is InChI=1S/C12H11NO4/c13-9(5-11(14)15)8-6-17-10-4-2-1-3-7(10)12(8)16/h1-4,6,9H,5,13H2,(H,14,15). The van der Waals surface area contributed by atoms with E-state index in [1.54, 1.807) is 24.3 Å². The number of hydrogen-bond donors (Lipinski definition) is 2. The van der Waals surface area contributed by atoms with E-state index in [2.05, 4.69) is 0 Å². The van der Waals surface area contributed by atoms with Crippen molar-refractivity contribution in [2.75, 3.05) is 0 Å². The summed E-state index contributed by atoms with van der Waals surface area (Å²) >= 11 is 0. The fraction of sp³-hybridized carbons (Fsp3) is 0.167. The Kier molecular flexibility index (Phi) is 2.93. The molecule has 0 bridgehead atoms. The first-order valence-corrected chi connectivity index (χ1v) is 5.07. The molecule has 0 spiro atoms. The SMILES string of the molecule is NC(CC(=O)O)c1coc2ccccc2c1=O. The van der Waals surface area contributed by atoms with Crippen LogP contribution in [0.15, 0.2) is 39.7 Å². The molecule has 2 aromatic rings. The fourth-order valence-electron chi connectivity index (χ4n) is 1.65. The van der Waals surface area contributed by atoms with Crippen LogP contribution >= 0.6 is 0 Å². The van der Waals surface area contributed by atoms with Crippen LogP contribution < -0.4 is 11.2 Å². The molecule has 0 aliphatic carbocycles. The van der Waals surface area contributed by atoms with E-state index in [0.29, 0.717) is 11.0 Å². The van der Waals surface area contributed by atoms with Crippen LogP contribution in [-0.4, -0.2) is 11.1 Å². The summed E-state index contributed by atoms with van der Waals surface area (Å²) in [4.78, 5) is 22.6. The zero-order chi connectivity index (χ0) is 12.4. The quantitative estimate of drug-likeness (QED) is 0.832. The van der Waals surface area contributed by atoms with Crippen molar-refractivity contribution in [3.63, 3.8) is 0 Å². The maximum absolute atomic E-state index is 12.0. The van der Waals surface area contributed by atoms with Gasteiger partial charge < -0.3 is 15.3 Å². The van der Waals surface area contributed by atoms with E-state index in [9.17, 15) is 9.59 Å². The molecule has 0 aliphatic heterocycles. The van der Waals surface area contributed by atoms with Crippen LogP contribution in [0.5, 0.6) is 0 Å². The van der Waals surface area contributed by atoms with Gasteiger partial charge in [0.15, 0.2) is 5.43 Å². The smallest absolute Gasteiger partial charge is 0.305 e. The van der Waals surface area contributed by atoms with Crippen molar-refractivity contribution in [3.05, 3.63) is 46.3 Å². The Hall–Kier alpha value is -2.14. The molecule has 0 fully saturated rings. The fourth-order valence-corrected chi connectivity index (χ4v) is 1.65. The summed E-state index contributed by atoms with van der Waals surface area (Å²) in [5, 5.41) is 9.04. The highest BCUT2D eigenvalue weighted by Crippen LogP contribution is 2.15. The van der Waals surface area contributed by atoms with E-state index >= 15 is 0 Å². The van der Waals surface area contributed by atoms with E-state index in [1.807, 2.05) is 0 Å². The number of carbonyl (C=O) groups is 1. The minimum absolute atomic E-state index is 0.186. The third-order valence-electron chi connectivity index (χ3n) is 2.50. The summed E-state index contributed by atoms with van der Waals surface area (Å²) in [6.45, 7) is 0. The zero-order valence-electron chi connectivity index (χ0n) is 8.92. The number of fused-ring (bicyclic) bond motifs is 1.